The number of sulfone groups is 1. The molecule has 0 spiro atoms. The van der Waals surface area contributed by atoms with Crippen molar-refractivity contribution >= 4 is 39.5 Å². The first-order chi connectivity index (χ1) is 11.4. The van der Waals surface area contributed by atoms with E-state index in [1.807, 2.05) is 6.92 Å². The Morgan fingerprint density at radius 3 is 2.44 bits per heavy atom. The van der Waals surface area contributed by atoms with Crippen molar-refractivity contribution in [2.75, 3.05) is 6.54 Å². The maximum absolute atomic E-state index is 12.6. The van der Waals surface area contributed by atoms with Crippen molar-refractivity contribution in [1.29, 1.82) is 0 Å². The van der Waals surface area contributed by atoms with E-state index in [1.54, 1.807) is 36.4 Å². The van der Waals surface area contributed by atoms with Gasteiger partial charge in [0, 0.05) is 6.54 Å². The van der Waals surface area contributed by atoms with Crippen LogP contribution in [0, 0.1) is 5.92 Å². The number of halogens is 1. The summed E-state index contributed by atoms with van der Waals surface area (Å²) in [6.07, 6.45) is 2.12. The Balaban J connectivity index is 0.00000225. The molecule has 1 aliphatic rings. The molecule has 2 aromatic rings. The highest BCUT2D eigenvalue weighted by atomic mass is 35.5. The molecule has 1 aliphatic carbocycles. The molecule has 1 amide bonds. The van der Waals surface area contributed by atoms with E-state index < -0.39 is 15.4 Å². The molecule has 1 fully saturated rings. The van der Waals surface area contributed by atoms with E-state index in [1.165, 1.54) is 6.07 Å². The van der Waals surface area contributed by atoms with Crippen LogP contribution in [0.4, 0.5) is 0 Å². The molecule has 3 N–H and O–H groups in total. The molecule has 0 saturated heterocycles. The smallest absolute Gasteiger partial charge is 0.261 e. The maximum atomic E-state index is 12.6. The van der Waals surface area contributed by atoms with Gasteiger partial charge in [0.2, 0.25) is 9.84 Å². The van der Waals surface area contributed by atoms with E-state index in [-0.39, 0.29) is 27.4 Å². The van der Waals surface area contributed by atoms with Gasteiger partial charge in [-0.25, -0.2) is 8.42 Å². The molecular weight excluding hydrogens is 380 g/mol. The minimum Gasteiger partial charge on any atom is -0.345 e. The number of amides is 1. The quantitative estimate of drug-likeness (QED) is 0.780. The number of rotatable bonds is 6. The molecule has 1 atom stereocenters. The number of carbonyl (C=O) groups is 1. The fraction of sp³-hybridized carbons (Fsp3) is 0.353. The average Bonchev–Trinajstić information content (AvgIpc) is 3.32. The largest absolute Gasteiger partial charge is 0.345 e. The van der Waals surface area contributed by atoms with Crippen molar-refractivity contribution in [2.24, 2.45) is 11.7 Å². The van der Waals surface area contributed by atoms with Gasteiger partial charge in [0.1, 0.15) is 4.21 Å². The topological polar surface area (TPSA) is 89.3 Å². The summed E-state index contributed by atoms with van der Waals surface area (Å²) in [4.78, 5) is 13.1. The Hall–Kier alpha value is -1.41. The lowest BCUT2D eigenvalue weighted by Gasteiger charge is -2.29. The molecule has 1 saturated carbocycles. The monoisotopic (exact) mass is 400 g/mol. The van der Waals surface area contributed by atoms with E-state index in [0.29, 0.717) is 17.3 Å². The summed E-state index contributed by atoms with van der Waals surface area (Å²) in [5, 5.41) is 2.98. The number of carbonyl (C=O) groups excluding carboxylic acids is 1. The van der Waals surface area contributed by atoms with E-state index in [2.05, 4.69) is 5.32 Å². The molecule has 5 nitrogen and oxygen atoms in total. The molecule has 0 aliphatic heterocycles. The van der Waals surface area contributed by atoms with Gasteiger partial charge < -0.3 is 11.1 Å². The van der Waals surface area contributed by atoms with E-state index >= 15 is 0 Å². The molecule has 1 aromatic carbocycles. The van der Waals surface area contributed by atoms with Crippen molar-refractivity contribution < 1.29 is 13.2 Å². The number of hydrogen-bond acceptors (Lipinski definition) is 5. The molecule has 3 rings (SSSR count). The van der Waals surface area contributed by atoms with Crippen molar-refractivity contribution in [3.05, 3.63) is 47.3 Å². The van der Waals surface area contributed by atoms with Crippen LogP contribution in [0.25, 0.3) is 0 Å². The number of hydrogen-bond donors (Lipinski definition) is 2. The highest BCUT2D eigenvalue weighted by molar-refractivity contribution is 7.93. The number of thiophene rings is 1. The fourth-order valence-corrected chi connectivity index (χ4v) is 5.29. The molecule has 1 heterocycles. The van der Waals surface area contributed by atoms with Gasteiger partial charge in [0.15, 0.2) is 0 Å². The Kier molecular flexibility index (Phi) is 5.93. The highest BCUT2D eigenvalue weighted by Gasteiger charge is 2.41. The predicted molar refractivity (Wildman–Crippen MR) is 101 cm³/mol. The zero-order valence-electron chi connectivity index (χ0n) is 13.8. The summed E-state index contributed by atoms with van der Waals surface area (Å²) in [7, 11) is -3.59. The van der Waals surface area contributed by atoms with Crippen molar-refractivity contribution in [1.82, 2.24) is 5.32 Å². The summed E-state index contributed by atoms with van der Waals surface area (Å²) in [6, 6.07) is 11.3. The molecule has 25 heavy (non-hydrogen) atoms. The van der Waals surface area contributed by atoms with E-state index in [4.69, 9.17) is 5.73 Å². The van der Waals surface area contributed by atoms with Crippen LogP contribution in [0.2, 0.25) is 0 Å². The fourth-order valence-electron chi connectivity index (χ4n) is 2.66. The summed E-state index contributed by atoms with van der Waals surface area (Å²) in [5.74, 6) is 0.133. The van der Waals surface area contributed by atoms with Crippen LogP contribution in [-0.2, 0) is 9.84 Å². The first-order valence-electron chi connectivity index (χ1n) is 7.79. The molecule has 8 heteroatoms. The predicted octanol–water partition coefficient (Wildman–Crippen LogP) is 2.86. The Bertz CT molecular complexity index is 848. The third kappa shape index (κ3) is 4.06. The van der Waals surface area contributed by atoms with Crippen LogP contribution in [0.15, 0.2) is 51.6 Å². The molecule has 0 radical (unpaired) electrons. The van der Waals surface area contributed by atoms with Crippen LogP contribution >= 0.6 is 23.7 Å². The SMILES string of the molecule is CC(CN)(NC(=O)c1ccc(S(=O)(=O)c2ccccc2)s1)C1CC1.Cl. The highest BCUT2D eigenvalue weighted by Crippen LogP contribution is 2.39. The van der Waals surface area contributed by atoms with Crippen LogP contribution in [0.1, 0.15) is 29.4 Å². The standard InChI is InChI=1S/C17H20N2O3S2.ClH/c1-17(11-18,12-7-8-12)19-16(20)14-9-10-15(23-14)24(21,22)13-5-3-2-4-6-13;/h2-6,9-10,12H,7-8,11,18H2,1H3,(H,19,20);1H. The number of nitrogens with one attached hydrogen (secondary N) is 1. The van der Waals surface area contributed by atoms with Gasteiger partial charge in [-0.15, -0.1) is 23.7 Å². The molecule has 136 valence electrons. The van der Waals surface area contributed by atoms with Gasteiger partial charge in [-0.05, 0) is 49.9 Å². The summed E-state index contributed by atoms with van der Waals surface area (Å²) in [6.45, 7) is 2.31. The maximum Gasteiger partial charge on any atom is 0.261 e. The van der Waals surface area contributed by atoms with Crippen LogP contribution < -0.4 is 11.1 Å². The minimum absolute atomic E-state index is 0. The first-order valence-corrected chi connectivity index (χ1v) is 10.1. The Morgan fingerprint density at radius 2 is 1.88 bits per heavy atom. The lowest BCUT2D eigenvalue weighted by molar-refractivity contribution is 0.0902. The number of nitrogens with two attached hydrogens (primary N) is 1. The van der Waals surface area contributed by atoms with Gasteiger partial charge >= 0.3 is 0 Å². The Morgan fingerprint density at radius 1 is 1.24 bits per heavy atom. The summed E-state index contributed by atoms with van der Waals surface area (Å²) >= 11 is 0.985. The van der Waals surface area contributed by atoms with Crippen LogP contribution in [-0.4, -0.2) is 26.4 Å². The lowest BCUT2D eigenvalue weighted by atomic mass is 9.96. The van der Waals surface area contributed by atoms with E-state index in [0.717, 1.165) is 24.2 Å². The summed E-state index contributed by atoms with van der Waals surface area (Å²) < 4.78 is 25.3. The number of benzene rings is 1. The Labute approximate surface area is 158 Å². The molecule has 1 unspecified atom stereocenters. The van der Waals surface area contributed by atoms with Crippen molar-refractivity contribution in [3.63, 3.8) is 0 Å². The van der Waals surface area contributed by atoms with Gasteiger partial charge in [-0.2, -0.15) is 0 Å². The lowest BCUT2D eigenvalue weighted by Crippen LogP contribution is -2.53. The van der Waals surface area contributed by atoms with E-state index in [9.17, 15) is 13.2 Å². The third-order valence-electron chi connectivity index (χ3n) is 4.43. The third-order valence-corrected chi connectivity index (χ3v) is 7.77. The molecule has 1 aromatic heterocycles. The van der Waals surface area contributed by atoms with Gasteiger partial charge in [-0.1, -0.05) is 18.2 Å². The van der Waals surface area contributed by atoms with Crippen molar-refractivity contribution in [3.8, 4) is 0 Å². The zero-order valence-corrected chi connectivity index (χ0v) is 16.2. The summed E-state index contributed by atoms with van der Waals surface area (Å²) in [5.41, 5.74) is 5.39. The van der Waals surface area contributed by atoms with Gasteiger partial charge in [-0.3, -0.25) is 4.79 Å². The zero-order chi connectivity index (χ0) is 17.4. The van der Waals surface area contributed by atoms with Crippen molar-refractivity contribution in [2.45, 2.75) is 34.4 Å². The normalized spacial score (nSPS) is 16.6. The second kappa shape index (κ2) is 7.45. The van der Waals surface area contributed by atoms with Gasteiger partial charge in [0.25, 0.3) is 5.91 Å². The minimum atomic E-state index is -3.59. The first kappa shape index (κ1) is 19.9. The van der Waals surface area contributed by atoms with Crippen LogP contribution in [0.3, 0.4) is 0 Å². The molecule has 0 bridgehead atoms. The van der Waals surface area contributed by atoms with Gasteiger partial charge in [0.05, 0.1) is 15.3 Å². The second-order valence-electron chi connectivity index (χ2n) is 6.29. The van der Waals surface area contributed by atoms with Crippen LogP contribution in [0.5, 0.6) is 0 Å². The average molecular weight is 401 g/mol. The molecular formula is C17H21ClN2O3S2. The second-order valence-corrected chi connectivity index (χ2v) is 9.55.